The molecule has 1 aromatic carbocycles. The standard InChI is InChI=1S/C22H24F2N4O/c1-12-13-11-16(18-14(23)7-6-8-15(18)24)27-28-19(13)22(4,21(12,2)3)20-25-10-9-17(26-20)29-5/h6-9,11-12H,10H2,1-5H3,(H,25,26)/t12-,22+/m0/s1. The number of amidine groups is 1. The highest BCUT2D eigenvalue weighted by molar-refractivity contribution is 5.96. The van der Waals surface area contributed by atoms with Gasteiger partial charge in [0.05, 0.1) is 36.0 Å². The van der Waals surface area contributed by atoms with Crippen molar-refractivity contribution in [2.75, 3.05) is 13.7 Å². The Morgan fingerprint density at radius 2 is 1.83 bits per heavy atom. The highest BCUT2D eigenvalue weighted by Crippen LogP contribution is 2.58. The number of rotatable bonds is 3. The summed E-state index contributed by atoms with van der Waals surface area (Å²) in [5, 5.41) is 12.0. The average molecular weight is 398 g/mol. The van der Waals surface area contributed by atoms with Crippen LogP contribution < -0.4 is 5.32 Å². The van der Waals surface area contributed by atoms with E-state index in [-0.39, 0.29) is 22.6 Å². The topological polar surface area (TPSA) is 59.4 Å². The monoisotopic (exact) mass is 398 g/mol. The number of fused-ring (bicyclic) bond motifs is 1. The molecule has 1 aliphatic carbocycles. The Morgan fingerprint density at radius 3 is 2.48 bits per heavy atom. The summed E-state index contributed by atoms with van der Waals surface area (Å²) in [4.78, 5) is 4.68. The van der Waals surface area contributed by atoms with Gasteiger partial charge in [0.2, 0.25) is 0 Å². The second kappa shape index (κ2) is 6.61. The molecule has 0 fully saturated rings. The summed E-state index contributed by atoms with van der Waals surface area (Å²) in [6.45, 7) is 8.99. The van der Waals surface area contributed by atoms with Crippen LogP contribution in [-0.2, 0) is 10.2 Å². The van der Waals surface area contributed by atoms with Gasteiger partial charge in [-0.1, -0.05) is 26.8 Å². The number of halogens is 2. The third-order valence-corrected chi connectivity index (χ3v) is 6.81. The molecular formula is C22H24F2N4O. The number of nitrogens with one attached hydrogen (secondary N) is 1. The van der Waals surface area contributed by atoms with Gasteiger partial charge in [0, 0.05) is 0 Å². The lowest BCUT2D eigenvalue weighted by atomic mass is 9.64. The van der Waals surface area contributed by atoms with Crippen LogP contribution in [0, 0.1) is 17.0 Å². The van der Waals surface area contributed by atoms with Crippen molar-refractivity contribution in [1.29, 1.82) is 0 Å². The molecule has 1 aliphatic heterocycles. The maximum Gasteiger partial charge on any atom is 0.189 e. The summed E-state index contributed by atoms with van der Waals surface area (Å²) in [5.74, 6) is 0.158. The van der Waals surface area contributed by atoms with E-state index in [4.69, 9.17) is 4.74 Å². The Morgan fingerprint density at radius 1 is 1.14 bits per heavy atom. The molecule has 0 saturated heterocycles. The number of ether oxygens (including phenoxy) is 1. The molecule has 2 atom stereocenters. The van der Waals surface area contributed by atoms with E-state index in [1.54, 1.807) is 13.2 Å². The summed E-state index contributed by atoms with van der Waals surface area (Å²) in [7, 11) is 1.61. The summed E-state index contributed by atoms with van der Waals surface area (Å²) in [5.41, 5.74) is 0.876. The van der Waals surface area contributed by atoms with E-state index in [0.29, 0.717) is 12.4 Å². The van der Waals surface area contributed by atoms with Crippen LogP contribution in [0.5, 0.6) is 0 Å². The lowest BCUT2D eigenvalue weighted by Crippen LogP contribution is -2.51. The molecule has 0 amide bonds. The number of nitrogens with zero attached hydrogens (tertiary/aromatic N) is 3. The quantitative estimate of drug-likeness (QED) is 0.837. The summed E-state index contributed by atoms with van der Waals surface area (Å²) < 4.78 is 34.0. The third-order valence-electron chi connectivity index (χ3n) is 6.81. The molecule has 152 valence electrons. The van der Waals surface area contributed by atoms with Gasteiger partial charge in [0.15, 0.2) is 5.88 Å². The van der Waals surface area contributed by atoms with E-state index in [1.807, 2.05) is 6.08 Å². The fourth-order valence-corrected chi connectivity index (χ4v) is 4.38. The van der Waals surface area contributed by atoms with Crippen LogP contribution in [0.4, 0.5) is 8.78 Å². The maximum atomic E-state index is 14.3. The van der Waals surface area contributed by atoms with E-state index in [2.05, 4.69) is 48.2 Å². The normalized spacial score (nSPS) is 25.0. The van der Waals surface area contributed by atoms with Crippen molar-refractivity contribution < 1.29 is 13.5 Å². The highest BCUT2D eigenvalue weighted by atomic mass is 19.1. The summed E-state index contributed by atoms with van der Waals surface area (Å²) in [6, 6.07) is 5.55. The Balaban J connectivity index is 1.86. The molecule has 2 heterocycles. The van der Waals surface area contributed by atoms with Crippen LogP contribution in [-0.4, -0.2) is 29.7 Å². The largest absolute Gasteiger partial charge is 0.482 e. The first-order valence-corrected chi connectivity index (χ1v) is 9.60. The van der Waals surface area contributed by atoms with E-state index in [1.165, 1.54) is 18.2 Å². The molecule has 0 saturated carbocycles. The Labute approximate surface area is 168 Å². The number of hydrogen-bond donors (Lipinski definition) is 1. The van der Waals surface area contributed by atoms with Crippen molar-refractivity contribution >= 4 is 5.84 Å². The number of aromatic nitrogens is 2. The average Bonchev–Trinajstić information content (AvgIpc) is 2.86. The minimum absolute atomic E-state index is 0.0629. The number of methoxy groups -OCH3 is 1. The van der Waals surface area contributed by atoms with E-state index < -0.39 is 17.0 Å². The molecule has 0 radical (unpaired) electrons. The summed E-state index contributed by atoms with van der Waals surface area (Å²) in [6.07, 6.45) is 1.87. The molecule has 1 aromatic heterocycles. The van der Waals surface area contributed by atoms with Gasteiger partial charge < -0.3 is 10.1 Å². The van der Waals surface area contributed by atoms with Crippen LogP contribution in [0.3, 0.4) is 0 Å². The second-order valence-corrected chi connectivity index (χ2v) is 8.29. The van der Waals surface area contributed by atoms with Crippen LogP contribution in [0.2, 0.25) is 0 Å². The van der Waals surface area contributed by atoms with Crippen LogP contribution in [0.25, 0.3) is 11.3 Å². The van der Waals surface area contributed by atoms with Gasteiger partial charge in [-0.3, -0.25) is 4.99 Å². The Hall–Kier alpha value is -2.83. The first-order chi connectivity index (χ1) is 13.7. The molecule has 1 N–H and O–H groups in total. The molecule has 7 heteroatoms. The zero-order valence-electron chi connectivity index (χ0n) is 17.2. The molecule has 0 unspecified atom stereocenters. The zero-order valence-corrected chi connectivity index (χ0v) is 17.2. The van der Waals surface area contributed by atoms with Gasteiger partial charge in [-0.15, -0.1) is 5.10 Å². The lowest BCUT2D eigenvalue weighted by molar-refractivity contribution is 0.219. The van der Waals surface area contributed by atoms with Crippen molar-refractivity contribution in [3.63, 3.8) is 0 Å². The van der Waals surface area contributed by atoms with Gasteiger partial charge in [0.25, 0.3) is 0 Å². The SMILES string of the molecule is COC1=CCN=C([C@@]2(C)c3nnc(-c4c(F)cccc4F)cc3[C@H](C)C2(C)C)N1. The van der Waals surface area contributed by atoms with Gasteiger partial charge in [-0.05, 0) is 48.1 Å². The van der Waals surface area contributed by atoms with Gasteiger partial charge in [-0.25, -0.2) is 8.78 Å². The molecule has 0 bridgehead atoms. The first kappa shape index (κ1) is 19.5. The van der Waals surface area contributed by atoms with E-state index in [0.717, 1.165) is 17.1 Å². The maximum absolute atomic E-state index is 14.3. The van der Waals surface area contributed by atoms with Crippen molar-refractivity contribution in [1.82, 2.24) is 15.5 Å². The summed E-state index contributed by atoms with van der Waals surface area (Å²) >= 11 is 0. The predicted octanol–water partition coefficient (Wildman–Crippen LogP) is 4.31. The van der Waals surface area contributed by atoms with Crippen LogP contribution >= 0.6 is 0 Å². The van der Waals surface area contributed by atoms with Crippen LogP contribution in [0.15, 0.2) is 41.2 Å². The highest BCUT2D eigenvalue weighted by Gasteiger charge is 2.58. The fraction of sp³-hybridized carbons (Fsp3) is 0.409. The molecule has 4 rings (SSSR count). The smallest absolute Gasteiger partial charge is 0.189 e. The second-order valence-electron chi connectivity index (χ2n) is 8.29. The molecule has 5 nitrogen and oxygen atoms in total. The lowest BCUT2D eigenvalue weighted by Gasteiger charge is -2.42. The molecule has 0 spiro atoms. The predicted molar refractivity (Wildman–Crippen MR) is 107 cm³/mol. The van der Waals surface area contributed by atoms with Crippen molar-refractivity contribution in [3.05, 3.63) is 59.1 Å². The van der Waals surface area contributed by atoms with Crippen molar-refractivity contribution in [2.45, 2.75) is 39.0 Å². The van der Waals surface area contributed by atoms with E-state index >= 15 is 0 Å². The van der Waals surface area contributed by atoms with Crippen LogP contribution in [0.1, 0.15) is 44.9 Å². The third kappa shape index (κ3) is 2.67. The number of hydrogen-bond acceptors (Lipinski definition) is 5. The van der Waals surface area contributed by atoms with Crippen molar-refractivity contribution in [3.8, 4) is 11.3 Å². The number of aliphatic imine (C=N–C) groups is 1. The fourth-order valence-electron chi connectivity index (χ4n) is 4.38. The van der Waals surface area contributed by atoms with Crippen molar-refractivity contribution in [2.24, 2.45) is 10.4 Å². The number of benzene rings is 1. The molecular weight excluding hydrogens is 374 g/mol. The Kier molecular flexibility index (Phi) is 4.44. The van der Waals surface area contributed by atoms with Gasteiger partial charge in [0.1, 0.15) is 17.5 Å². The minimum atomic E-state index is -0.653. The minimum Gasteiger partial charge on any atom is -0.482 e. The van der Waals surface area contributed by atoms with E-state index in [9.17, 15) is 8.78 Å². The molecule has 2 aromatic rings. The van der Waals surface area contributed by atoms with Gasteiger partial charge >= 0.3 is 0 Å². The van der Waals surface area contributed by atoms with Gasteiger partial charge in [-0.2, -0.15) is 5.10 Å². The molecule has 29 heavy (non-hydrogen) atoms. The molecule has 2 aliphatic rings. The first-order valence-electron chi connectivity index (χ1n) is 9.60. The zero-order chi connectivity index (χ0) is 21.0. The Bertz CT molecular complexity index is 1030.